The number of aromatic nitrogens is 1. The Morgan fingerprint density at radius 2 is 1.86 bits per heavy atom. The smallest absolute Gasteiger partial charge is 0.276 e. The van der Waals surface area contributed by atoms with Crippen molar-refractivity contribution in [2.45, 2.75) is 43.6 Å². The van der Waals surface area contributed by atoms with Crippen LogP contribution in [0.5, 0.6) is 0 Å². The number of rotatable bonds is 2. The summed E-state index contributed by atoms with van der Waals surface area (Å²) >= 11 is 0. The minimum atomic E-state index is -0.990. The summed E-state index contributed by atoms with van der Waals surface area (Å²) in [7, 11) is 0. The first-order chi connectivity index (χ1) is 14.0. The molecule has 0 saturated carbocycles. The summed E-state index contributed by atoms with van der Waals surface area (Å²) in [5, 5.41) is 3.67. The SMILES string of the molecule is O=C(c1ccon1)N1CCC2(CC1)OC1CCC(c3cc(F)cc(F)c3)N1C2=O. The van der Waals surface area contributed by atoms with Gasteiger partial charge in [0.2, 0.25) is 0 Å². The first kappa shape index (κ1) is 18.2. The van der Waals surface area contributed by atoms with Crippen LogP contribution in [-0.2, 0) is 9.53 Å². The van der Waals surface area contributed by atoms with Gasteiger partial charge in [-0.25, -0.2) is 8.78 Å². The molecule has 5 rings (SSSR count). The van der Waals surface area contributed by atoms with E-state index in [1.165, 1.54) is 24.5 Å². The van der Waals surface area contributed by atoms with Crippen LogP contribution in [0.15, 0.2) is 35.1 Å². The van der Waals surface area contributed by atoms with Crippen molar-refractivity contribution in [3.05, 3.63) is 53.4 Å². The molecular formula is C20H19F2N3O4. The van der Waals surface area contributed by atoms with Crippen LogP contribution in [0.25, 0.3) is 0 Å². The number of benzene rings is 1. The highest BCUT2D eigenvalue weighted by molar-refractivity contribution is 5.93. The molecular weight excluding hydrogens is 384 g/mol. The van der Waals surface area contributed by atoms with Crippen molar-refractivity contribution in [2.24, 2.45) is 0 Å². The predicted octanol–water partition coefficient (Wildman–Crippen LogP) is 2.65. The van der Waals surface area contributed by atoms with Crippen molar-refractivity contribution in [1.82, 2.24) is 15.0 Å². The number of carbonyl (C=O) groups excluding carboxylic acids is 2. The molecule has 3 aliphatic rings. The van der Waals surface area contributed by atoms with Crippen LogP contribution >= 0.6 is 0 Å². The number of carbonyl (C=O) groups is 2. The van der Waals surface area contributed by atoms with Gasteiger partial charge in [-0.3, -0.25) is 9.59 Å². The van der Waals surface area contributed by atoms with Crippen LogP contribution in [-0.4, -0.2) is 51.7 Å². The van der Waals surface area contributed by atoms with E-state index in [4.69, 9.17) is 9.26 Å². The van der Waals surface area contributed by atoms with Crippen molar-refractivity contribution >= 4 is 11.8 Å². The third-order valence-corrected chi connectivity index (χ3v) is 6.10. The molecule has 4 heterocycles. The minimum absolute atomic E-state index is 0.164. The lowest BCUT2D eigenvalue weighted by atomic mass is 9.89. The van der Waals surface area contributed by atoms with E-state index in [1.54, 1.807) is 9.80 Å². The Morgan fingerprint density at radius 1 is 1.14 bits per heavy atom. The summed E-state index contributed by atoms with van der Waals surface area (Å²) in [6.45, 7) is 0.717. The van der Waals surface area contributed by atoms with Crippen LogP contribution in [0.3, 0.4) is 0 Å². The third-order valence-electron chi connectivity index (χ3n) is 6.10. The first-order valence-corrected chi connectivity index (χ1v) is 9.63. The monoisotopic (exact) mass is 403 g/mol. The number of amides is 2. The van der Waals surface area contributed by atoms with Crippen molar-refractivity contribution in [2.75, 3.05) is 13.1 Å². The van der Waals surface area contributed by atoms with E-state index < -0.39 is 29.5 Å². The van der Waals surface area contributed by atoms with E-state index in [0.29, 0.717) is 44.3 Å². The van der Waals surface area contributed by atoms with Crippen LogP contribution in [0.1, 0.15) is 47.8 Å². The van der Waals surface area contributed by atoms with Gasteiger partial charge in [-0.2, -0.15) is 0 Å². The fraction of sp³-hybridized carbons (Fsp3) is 0.450. The molecule has 9 heteroatoms. The predicted molar refractivity (Wildman–Crippen MR) is 94.4 cm³/mol. The minimum Gasteiger partial charge on any atom is -0.364 e. The maximum Gasteiger partial charge on any atom is 0.276 e. The molecule has 2 amide bonds. The number of fused-ring (bicyclic) bond motifs is 1. The molecule has 2 aromatic rings. The summed E-state index contributed by atoms with van der Waals surface area (Å²) in [6, 6.07) is 4.46. The lowest BCUT2D eigenvalue weighted by Crippen LogP contribution is -2.51. The Bertz CT molecular complexity index is 936. The zero-order chi connectivity index (χ0) is 20.2. The van der Waals surface area contributed by atoms with Gasteiger partial charge in [-0.15, -0.1) is 0 Å². The van der Waals surface area contributed by atoms with Gasteiger partial charge < -0.3 is 19.1 Å². The molecule has 2 atom stereocenters. The van der Waals surface area contributed by atoms with Gasteiger partial charge in [0.15, 0.2) is 11.3 Å². The average molecular weight is 403 g/mol. The van der Waals surface area contributed by atoms with E-state index >= 15 is 0 Å². The molecule has 1 aromatic heterocycles. The zero-order valence-electron chi connectivity index (χ0n) is 15.5. The van der Waals surface area contributed by atoms with Crippen LogP contribution < -0.4 is 0 Å². The Labute approximate surface area is 165 Å². The highest BCUT2D eigenvalue weighted by Crippen LogP contribution is 2.47. The first-order valence-electron chi connectivity index (χ1n) is 9.63. The van der Waals surface area contributed by atoms with Crippen molar-refractivity contribution in [3.63, 3.8) is 0 Å². The molecule has 1 spiro atoms. The molecule has 0 aliphatic carbocycles. The summed E-state index contributed by atoms with van der Waals surface area (Å²) in [5.41, 5.74) is -0.318. The number of hydrogen-bond acceptors (Lipinski definition) is 5. The molecule has 7 nitrogen and oxygen atoms in total. The van der Waals surface area contributed by atoms with Crippen LogP contribution in [0.4, 0.5) is 8.78 Å². The lowest BCUT2D eigenvalue weighted by Gasteiger charge is -2.37. The molecule has 0 radical (unpaired) electrons. The van der Waals surface area contributed by atoms with E-state index in [1.807, 2.05) is 0 Å². The molecule has 152 valence electrons. The van der Waals surface area contributed by atoms with Gasteiger partial charge in [0.1, 0.15) is 24.1 Å². The summed E-state index contributed by atoms with van der Waals surface area (Å²) in [6.07, 6.45) is 2.87. The van der Waals surface area contributed by atoms with Crippen molar-refractivity contribution < 1.29 is 27.6 Å². The Morgan fingerprint density at radius 3 is 2.52 bits per heavy atom. The number of hydrogen-bond donors (Lipinski definition) is 0. The van der Waals surface area contributed by atoms with Gasteiger partial charge in [-0.1, -0.05) is 5.16 Å². The number of nitrogens with zero attached hydrogens (tertiary/aromatic N) is 3. The highest BCUT2D eigenvalue weighted by atomic mass is 19.1. The molecule has 2 unspecified atom stereocenters. The second kappa shape index (κ2) is 6.62. The summed E-state index contributed by atoms with van der Waals surface area (Å²) in [4.78, 5) is 29.0. The molecule has 3 saturated heterocycles. The second-order valence-corrected chi connectivity index (χ2v) is 7.75. The topological polar surface area (TPSA) is 75.9 Å². The number of likely N-dealkylation sites (tertiary alicyclic amines) is 1. The Balaban J connectivity index is 1.33. The molecule has 3 aliphatic heterocycles. The average Bonchev–Trinajstić information content (AvgIpc) is 3.41. The molecule has 29 heavy (non-hydrogen) atoms. The van der Waals surface area contributed by atoms with Gasteiger partial charge in [0.05, 0.1) is 6.04 Å². The fourth-order valence-electron chi connectivity index (χ4n) is 4.70. The number of ether oxygens (including phenoxy) is 1. The Kier molecular flexibility index (Phi) is 4.16. The van der Waals surface area contributed by atoms with E-state index in [-0.39, 0.29) is 17.5 Å². The van der Waals surface area contributed by atoms with Gasteiger partial charge in [0, 0.05) is 38.1 Å². The lowest BCUT2D eigenvalue weighted by molar-refractivity contribution is -0.142. The van der Waals surface area contributed by atoms with Gasteiger partial charge >= 0.3 is 0 Å². The van der Waals surface area contributed by atoms with Crippen LogP contribution in [0.2, 0.25) is 0 Å². The van der Waals surface area contributed by atoms with Crippen molar-refractivity contribution in [3.8, 4) is 0 Å². The molecule has 1 aromatic carbocycles. The fourth-order valence-corrected chi connectivity index (χ4v) is 4.70. The van der Waals surface area contributed by atoms with Gasteiger partial charge in [-0.05, 0) is 30.5 Å². The summed E-state index contributed by atoms with van der Waals surface area (Å²) in [5.74, 6) is -1.73. The molecule has 0 N–H and O–H groups in total. The number of piperidine rings is 1. The Hall–Kier alpha value is -2.81. The van der Waals surface area contributed by atoms with E-state index in [2.05, 4.69) is 5.16 Å². The zero-order valence-corrected chi connectivity index (χ0v) is 15.5. The molecule has 0 bridgehead atoms. The third kappa shape index (κ3) is 2.91. The number of halogens is 2. The molecule has 3 fully saturated rings. The quantitative estimate of drug-likeness (QED) is 0.771. The standard InChI is InChI=1S/C20H19F2N3O4/c21-13-9-12(10-14(22)11-13)16-1-2-17-25(16)19(27)20(29-17)4-6-24(7-5-20)18(26)15-3-8-28-23-15/h3,8-11,16-17H,1-2,4-7H2. The largest absolute Gasteiger partial charge is 0.364 e. The maximum absolute atomic E-state index is 13.7. The van der Waals surface area contributed by atoms with Gasteiger partial charge in [0.25, 0.3) is 11.8 Å². The van der Waals surface area contributed by atoms with E-state index in [9.17, 15) is 18.4 Å². The normalized spacial score (nSPS) is 25.7. The van der Waals surface area contributed by atoms with Crippen LogP contribution in [0, 0.1) is 11.6 Å². The summed E-state index contributed by atoms with van der Waals surface area (Å²) < 4.78 is 38.3. The highest BCUT2D eigenvalue weighted by Gasteiger charge is 2.58. The van der Waals surface area contributed by atoms with Crippen molar-refractivity contribution in [1.29, 1.82) is 0 Å². The maximum atomic E-state index is 13.7. The second-order valence-electron chi connectivity index (χ2n) is 7.75. The van der Waals surface area contributed by atoms with E-state index in [0.717, 1.165) is 6.07 Å².